The number of hydrogen-bond donors (Lipinski definition) is 1. The molecule has 0 atom stereocenters. The van der Waals surface area contributed by atoms with Gasteiger partial charge in [0.25, 0.3) is 5.56 Å². The van der Waals surface area contributed by atoms with E-state index in [2.05, 4.69) is 15.3 Å². The van der Waals surface area contributed by atoms with Crippen molar-refractivity contribution in [2.75, 3.05) is 6.61 Å². The van der Waals surface area contributed by atoms with Gasteiger partial charge in [-0.2, -0.15) is 11.3 Å². The molecule has 0 spiro atoms. The average Bonchev–Trinajstić information content (AvgIpc) is 2.75. The lowest BCUT2D eigenvalue weighted by Crippen LogP contribution is -2.24. The minimum atomic E-state index is -0.0738. The van der Waals surface area contributed by atoms with Crippen LogP contribution in [-0.2, 0) is 17.8 Å². The van der Waals surface area contributed by atoms with E-state index in [9.17, 15) is 4.79 Å². The summed E-state index contributed by atoms with van der Waals surface area (Å²) in [7, 11) is 0. The number of aromatic amines is 1. The highest BCUT2D eigenvalue weighted by atomic mass is 32.1. The zero-order valence-electron chi connectivity index (χ0n) is 9.45. The molecule has 1 aliphatic heterocycles. The monoisotopic (exact) mass is 248 g/mol. The molecule has 0 aliphatic carbocycles. The van der Waals surface area contributed by atoms with Gasteiger partial charge in [-0.1, -0.05) is 0 Å². The van der Waals surface area contributed by atoms with Crippen molar-refractivity contribution in [1.29, 1.82) is 0 Å². The molecule has 0 radical (unpaired) electrons. The van der Waals surface area contributed by atoms with E-state index in [1.54, 1.807) is 11.3 Å². The molecule has 3 heterocycles. The largest absolute Gasteiger partial charge is 0.376 e. The van der Waals surface area contributed by atoms with Crippen LogP contribution in [0.25, 0.3) is 11.4 Å². The van der Waals surface area contributed by atoms with Gasteiger partial charge in [0.15, 0.2) is 0 Å². The van der Waals surface area contributed by atoms with E-state index in [0.29, 0.717) is 24.6 Å². The lowest BCUT2D eigenvalue weighted by molar-refractivity contribution is 0.108. The van der Waals surface area contributed by atoms with E-state index < -0.39 is 0 Å². The second-order valence-electron chi connectivity index (χ2n) is 4.11. The zero-order chi connectivity index (χ0) is 11.8. The van der Waals surface area contributed by atoms with E-state index >= 15 is 0 Å². The van der Waals surface area contributed by atoms with Crippen molar-refractivity contribution in [1.82, 2.24) is 9.97 Å². The van der Waals surface area contributed by atoms with Crippen LogP contribution in [-0.4, -0.2) is 16.6 Å². The summed E-state index contributed by atoms with van der Waals surface area (Å²) in [6, 6.07) is 0. The van der Waals surface area contributed by atoms with Crippen LogP contribution >= 0.6 is 11.3 Å². The predicted molar refractivity (Wildman–Crippen MR) is 66.3 cm³/mol. The molecule has 1 aliphatic rings. The van der Waals surface area contributed by atoms with Gasteiger partial charge in [-0.05, 0) is 17.9 Å². The first-order chi connectivity index (χ1) is 8.25. The Bertz CT molecular complexity index is 615. The molecular formula is C12H12N2O2S. The van der Waals surface area contributed by atoms with Gasteiger partial charge in [0, 0.05) is 17.4 Å². The Morgan fingerprint density at radius 1 is 1.47 bits per heavy atom. The number of nitrogens with zero attached hydrogens (tertiary/aromatic N) is 1. The fraction of sp³-hybridized carbons (Fsp3) is 0.333. The summed E-state index contributed by atoms with van der Waals surface area (Å²) in [5.41, 5.74) is 3.63. The van der Waals surface area contributed by atoms with Gasteiger partial charge >= 0.3 is 0 Å². The number of hydrogen-bond acceptors (Lipinski definition) is 4. The fourth-order valence-corrected chi connectivity index (χ4v) is 2.81. The molecular weight excluding hydrogens is 236 g/mol. The van der Waals surface area contributed by atoms with Crippen LogP contribution in [0, 0.1) is 6.92 Å². The molecule has 2 aromatic rings. The summed E-state index contributed by atoms with van der Waals surface area (Å²) in [5.74, 6) is 0.675. The minimum Gasteiger partial charge on any atom is -0.376 e. The zero-order valence-corrected chi connectivity index (χ0v) is 10.3. The lowest BCUT2D eigenvalue weighted by atomic mass is 10.1. The van der Waals surface area contributed by atoms with Crippen LogP contribution < -0.4 is 5.56 Å². The molecule has 17 heavy (non-hydrogen) atoms. The molecule has 3 rings (SSSR count). The Balaban J connectivity index is 2.17. The van der Waals surface area contributed by atoms with E-state index in [1.807, 2.05) is 12.3 Å². The predicted octanol–water partition coefficient (Wildman–Crippen LogP) is 1.88. The molecule has 0 amide bonds. The SMILES string of the molecule is Cc1cscc1-c1nc2c(c(=O)[nH]1)COCC2. The first-order valence-corrected chi connectivity index (χ1v) is 6.43. The van der Waals surface area contributed by atoms with Gasteiger partial charge in [0.2, 0.25) is 0 Å². The molecule has 2 aromatic heterocycles. The highest BCUT2D eigenvalue weighted by Crippen LogP contribution is 2.24. The molecule has 0 bridgehead atoms. The van der Waals surface area contributed by atoms with Gasteiger partial charge in [-0.25, -0.2) is 4.98 Å². The van der Waals surface area contributed by atoms with Crippen molar-refractivity contribution >= 4 is 11.3 Å². The molecule has 5 heteroatoms. The average molecular weight is 248 g/mol. The van der Waals surface area contributed by atoms with E-state index in [0.717, 1.165) is 23.2 Å². The molecule has 1 N–H and O–H groups in total. The molecule has 0 unspecified atom stereocenters. The first-order valence-electron chi connectivity index (χ1n) is 5.48. The van der Waals surface area contributed by atoms with Crippen LogP contribution in [0.1, 0.15) is 16.8 Å². The van der Waals surface area contributed by atoms with Crippen LogP contribution in [0.2, 0.25) is 0 Å². The van der Waals surface area contributed by atoms with Crippen molar-refractivity contribution < 1.29 is 4.74 Å². The standard InChI is InChI=1S/C12H12N2O2S/c1-7-5-17-6-9(7)11-13-10-2-3-16-4-8(10)12(15)14-11/h5-6H,2-4H2,1H3,(H,13,14,15). The molecule has 4 nitrogen and oxygen atoms in total. The van der Waals surface area contributed by atoms with Crippen LogP contribution in [0.3, 0.4) is 0 Å². The Labute approximate surface area is 102 Å². The van der Waals surface area contributed by atoms with E-state index in [4.69, 9.17) is 4.74 Å². The second kappa shape index (κ2) is 4.09. The fourth-order valence-electron chi connectivity index (χ4n) is 1.97. The Hall–Kier alpha value is -1.46. The molecule has 0 aromatic carbocycles. The van der Waals surface area contributed by atoms with Gasteiger partial charge in [0.1, 0.15) is 5.82 Å². The maximum Gasteiger partial charge on any atom is 0.256 e. The van der Waals surface area contributed by atoms with E-state index in [-0.39, 0.29) is 5.56 Å². The van der Waals surface area contributed by atoms with Gasteiger partial charge in [-0.15, -0.1) is 0 Å². The third-order valence-electron chi connectivity index (χ3n) is 2.94. The normalized spacial score (nSPS) is 14.6. The van der Waals surface area contributed by atoms with Crippen molar-refractivity contribution in [3.05, 3.63) is 37.9 Å². The molecule has 0 saturated carbocycles. The van der Waals surface area contributed by atoms with Gasteiger partial charge in [-0.3, -0.25) is 4.79 Å². The smallest absolute Gasteiger partial charge is 0.256 e. The van der Waals surface area contributed by atoms with E-state index in [1.165, 1.54) is 0 Å². The third-order valence-corrected chi connectivity index (χ3v) is 3.80. The summed E-state index contributed by atoms with van der Waals surface area (Å²) in [5, 5.41) is 4.07. The van der Waals surface area contributed by atoms with Crippen LogP contribution in [0.15, 0.2) is 15.6 Å². The summed E-state index contributed by atoms with van der Waals surface area (Å²) in [6.45, 7) is 3.04. The number of H-pyrrole nitrogens is 1. The number of thiophene rings is 1. The maximum absolute atomic E-state index is 11.9. The van der Waals surface area contributed by atoms with Crippen LogP contribution in [0.5, 0.6) is 0 Å². The Morgan fingerprint density at radius 3 is 3.12 bits per heavy atom. The quantitative estimate of drug-likeness (QED) is 0.838. The van der Waals surface area contributed by atoms with Crippen LogP contribution in [0.4, 0.5) is 0 Å². The maximum atomic E-state index is 11.9. The minimum absolute atomic E-state index is 0.0738. The van der Waals surface area contributed by atoms with Crippen molar-refractivity contribution in [2.45, 2.75) is 20.0 Å². The second-order valence-corrected chi connectivity index (χ2v) is 4.85. The number of rotatable bonds is 1. The summed E-state index contributed by atoms with van der Waals surface area (Å²) in [6.07, 6.45) is 0.718. The summed E-state index contributed by atoms with van der Waals surface area (Å²) >= 11 is 1.62. The highest BCUT2D eigenvalue weighted by Gasteiger charge is 2.17. The number of aromatic nitrogens is 2. The Kier molecular flexibility index (Phi) is 2.57. The first kappa shape index (κ1) is 10.7. The van der Waals surface area contributed by atoms with Gasteiger partial charge < -0.3 is 9.72 Å². The number of nitrogens with one attached hydrogen (secondary N) is 1. The summed E-state index contributed by atoms with van der Waals surface area (Å²) in [4.78, 5) is 19.3. The van der Waals surface area contributed by atoms with Crippen molar-refractivity contribution in [2.24, 2.45) is 0 Å². The van der Waals surface area contributed by atoms with Crippen molar-refractivity contribution in [3.8, 4) is 11.4 Å². The Morgan fingerprint density at radius 2 is 2.35 bits per heavy atom. The number of fused-ring (bicyclic) bond motifs is 1. The lowest BCUT2D eigenvalue weighted by Gasteiger charge is -2.15. The number of aryl methyl sites for hydroxylation is 1. The molecule has 0 fully saturated rings. The topological polar surface area (TPSA) is 55.0 Å². The van der Waals surface area contributed by atoms with Gasteiger partial charge in [0.05, 0.1) is 24.5 Å². The molecule has 88 valence electrons. The highest BCUT2D eigenvalue weighted by molar-refractivity contribution is 7.08. The third kappa shape index (κ3) is 1.81. The van der Waals surface area contributed by atoms with Crippen molar-refractivity contribution in [3.63, 3.8) is 0 Å². The molecule has 0 saturated heterocycles. The number of ether oxygens (including phenoxy) is 1. The summed E-state index contributed by atoms with van der Waals surface area (Å²) < 4.78 is 5.27.